The highest BCUT2D eigenvalue weighted by Gasteiger charge is 2.24. The Morgan fingerprint density at radius 2 is 0.957 bits per heavy atom. The van der Waals surface area contributed by atoms with Crippen LogP contribution in [0, 0.1) is 0 Å². The Labute approximate surface area is 412 Å². The summed E-state index contributed by atoms with van der Waals surface area (Å²) in [6.07, 6.45) is 0. The largest absolute Gasteiger partial charge is 0.454 e. The standard InChI is InChI=1S/C65H48N2OSSi/c1-70(2,3)50-37-34-48(35-38-50)66(46-19-8-5-9-20-46)47-32-29-43(30-33-47)45-31-39-56-58(41-45)52-22-10-11-24-54(52)63-57-40-36-49(42-62(57)69-65(56)63)67(59-26-14-12-21-51(59)44-17-6-4-7-18-44)60-27-16-25-55-53-23-13-15-28-61(53)68-64(55)60/h4-42H,1-3H3. The van der Waals surface area contributed by atoms with Gasteiger partial charge < -0.3 is 14.2 Å². The molecule has 0 aliphatic rings. The molecule has 0 amide bonds. The monoisotopic (exact) mass is 932 g/mol. The van der Waals surface area contributed by atoms with Crippen LogP contribution in [0.4, 0.5) is 34.1 Å². The molecular formula is C65H48N2OSSi. The van der Waals surface area contributed by atoms with Crippen molar-refractivity contribution in [1.29, 1.82) is 0 Å². The van der Waals surface area contributed by atoms with E-state index in [0.717, 1.165) is 67.2 Å². The van der Waals surface area contributed by atoms with Crippen molar-refractivity contribution in [3.8, 4) is 22.3 Å². The molecule has 0 aliphatic heterocycles. The molecule has 0 saturated carbocycles. The first-order valence-electron chi connectivity index (χ1n) is 24.1. The van der Waals surface area contributed by atoms with Gasteiger partial charge in [0.2, 0.25) is 0 Å². The molecular weight excluding hydrogens is 885 g/mol. The summed E-state index contributed by atoms with van der Waals surface area (Å²) in [7, 11) is -1.43. The number of nitrogens with zero attached hydrogens (tertiary/aromatic N) is 2. The van der Waals surface area contributed by atoms with E-state index in [2.05, 4.69) is 260 Å². The third-order valence-electron chi connectivity index (χ3n) is 14.0. The van der Waals surface area contributed by atoms with Crippen molar-refractivity contribution < 1.29 is 4.42 Å². The quantitative estimate of drug-likeness (QED) is 0.106. The predicted octanol–water partition coefficient (Wildman–Crippen LogP) is 19.1. The van der Waals surface area contributed by atoms with Crippen LogP contribution in [-0.2, 0) is 0 Å². The Morgan fingerprint density at radius 1 is 0.371 bits per heavy atom. The molecule has 70 heavy (non-hydrogen) atoms. The van der Waals surface area contributed by atoms with Crippen LogP contribution >= 0.6 is 11.3 Å². The molecule has 0 N–H and O–H groups in total. The number of anilines is 6. The summed E-state index contributed by atoms with van der Waals surface area (Å²) >= 11 is 1.89. The van der Waals surface area contributed by atoms with Gasteiger partial charge in [-0.2, -0.15) is 0 Å². The molecule has 0 spiro atoms. The maximum atomic E-state index is 6.75. The second-order valence-corrected chi connectivity index (χ2v) is 25.4. The second kappa shape index (κ2) is 16.8. The van der Waals surface area contributed by atoms with Gasteiger partial charge in [-0.15, -0.1) is 11.3 Å². The van der Waals surface area contributed by atoms with Crippen LogP contribution in [0.25, 0.3) is 85.9 Å². The van der Waals surface area contributed by atoms with Crippen LogP contribution in [0.1, 0.15) is 0 Å². The predicted molar refractivity (Wildman–Crippen MR) is 305 cm³/mol. The first-order valence-corrected chi connectivity index (χ1v) is 28.4. The minimum absolute atomic E-state index is 0.867. The molecule has 0 aliphatic carbocycles. The van der Waals surface area contributed by atoms with Crippen LogP contribution in [0.3, 0.4) is 0 Å². The Kier molecular flexibility index (Phi) is 10.0. The number of hydrogen-bond acceptors (Lipinski definition) is 4. The minimum atomic E-state index is -1.43. The summed E-state index contributed by atoms with van der Waals surface area (Å²) in [4.78, 5) is 4.75. The lowest BCUT2D eigenvalue weighted by molar-refractivity contribution is 0.669. The number of rotatable bonds is 9. The summed E-state index contributed by atoms with van der Waals surface area (Å²) < 4.78 is 9.29. The lowest BCUT2D eigenvalue weighted by Gasteiger charge is -2.28. The van der Waals surface area contributed by atoms with E-state index in [1.807, 2.05) is 17.4 Å². The molecule has 2 aromatic heterocycles. The fraction of sp³-hybridized carbons (Fsp3) is 0.0462. The molecule has 0 fully saturated rings. The maximum Gasteiger partial charge on any atom is 0.159 e. The zero-order valence-corrected chi connectivity index (χ0v) is 41.0. The number of fused-ring (bicyclic) bond motifs is 11. The van der Waals surface area contributed by atoms with E-state index < -0.39 is 8.07 Å². The average molecular weight is 933 g/mol. The molecule has 2 heterocycles. The Morgan fingerprint density at radius 3 is 1.73 bits per heavy atom. The molecule has 0 atom stereocenters. The topological polar surface area (TPSA) is 19.6 Å². The van der Waals surface area contributed by atoms with E-state index in [1.165, 1.54) is 58.0 Å². The van der Waals surface area contributed by atoms with Crippen molar-refractivity contribution in [2.24, 2.45) is 0 Å². The Hall–Kier alpha value is -8.22. The molecule has 5 heteroatoms. The van der Waals surface area contributed by atoms with E-state index in [1.54, 1.807) is 0 Å². The third-order valence-corrected chi connectivity index (χ3v) is 17.3. The van der Waals surface area contributed by atoms with Crippen LogP contribution in [0.2, 0.25) is 19.6 Å². The molecule has 0 saturated heterocycles. The third kappa shape index (κ3) is 7.08. The van der Waals surface area contributed by atoms with E-state index in [-0.39, 0.29) is 0 Å². The smallest absolute Gasteiger partial charge is 0.159 e. The molecule has 0 unspecified atom stereocenters. The average Bonchev–Trinajstić information content (AvgIpc) is 3.99. The van der Waals surface area contributed by atoms with E-state index in [4.69, 9.17) is 4.42 Å². The summed E-state index contributed by atoms with van der Waals surface area (Å²) in [5.41, 5.74) is 13.0. The van der Waals surface area contributed by atoms with E-state index >= 15 is 0 Å². The van der Waals surface area contributed by atoms with Crippen molar-refractivity contribution in [2.75, 3.05) is 9.80 Å². The van der Waals surface area contributed by atoms with Crippen molar-refractivity contribution in [3.05, 3.63) is 237 Å². The highest BCUT2D eigenvalue weighted by Crippen LogP contribution is 2.49. The SMILES string of the molecule is C[Si](C)(C)c1ccc(N(c2ccccc2)c2ccc(-c3ccc4c(c3)c3ccccc3c3c5ccc(N(c6ccccc6-c6ccccc6)c6cccc7c6oc6ccccc67)cc5sc43)cc2)cc1. The van der Waals surface area contributed by atoms with Crippen LogP contribution < -0.4 is 15.0 Å². The fourth-order valence-electron chi connectivity index (χ4n) is 10.5. The zero-order valence-electron chi connectivity index (χ0n) is 39.2. The number of para-hydroxylation sites is 4. The molecule has 13 aromatic rings. The van der Waals surface area contributed by atoms with Gasteiger partial charge in [-0.05, 0) is 106 Å². The van der Waals surface area contributed by atoms with Gasteiger partial charge in [0.1, 0.15) is 5.58 Å². The summed E-state index contributed by atoms with van der Waals surface area (Å²) in [5.74, 6) is 0. The van der Waals surface area contributed by atoms with Crippen LogP contribution in [0.5, 0.6) is 0 Å². The molecule has 13 rings (SSSR count). The van der Waals surface area contributed by atoms with Crippen molar-refractivity contribution in [1.82, 2.24) is 0 Å². The van der Waals surface area contributed by atoms with Crippen LogP contribution in [-0.4, -0.2) is 8.07 Å². The van der Waals surface area contributed by atoms with Gasteiger partial charge >= 0.3 is 0 Å². The summed E-state index contributed by atoms with van der Waals surface area (Å²) in [5, 5.41) is 11.3. The zero-order chi connectivity index (χ0) is 46.9. The lowest BCUT2D eigenvalue weighted by Crippen LogP contribution is -2.37. The second-order valence-electron chi connectivity index (χ2n) is 19.3. The molecule has 0 radical (unpaired) electrons. The lowest BCUT2D eigenvalue weighted by atomic mass is 9.94. The van der Waals surface area contributed by atoms with Gasteiger partial charge in [0.25, 0.3) is 0 Å². The number of furan rings is 1. The highest BCUT2D eigenvalue weighted by atomic mass is 32.1. The van der Waals surface area contributed by atoms with Crippen molar-refractivity contribution >= 4 is 122 Å². The molecule has 334 valence electrons. The summed E-state index contributed by atoms with van der Waals surface area (Å²) in [6, 6.07) is 86.3. The summed E-state index contributed by atoms with van der Waals surface area (Å²) in [6.45, 7) is 7.21. The first-order chi connectivity index (χ1) is 34.4. The molecule has 3 nitrogen and oxygen atoms in total. The minimum Gasteiger partial charge on any atom is -0.454 e. The number of hydrogen-bond donors (Lipinski definition) is 0. The highest BCUT2D eigenvalue weighted by molar-refractivity contribution is 7.27. The van der Waals surface area contributed by atoms with Gasteiger partial charge in [0.05, 0.1) is 19.4 Å². The van der Waals surface area contributed by atoms with Crippen LogP contribution in [0.15, 0.2) is 241 Å². The normalized spacial score (nSPS) is 11.9. The van der Waals surface area contributed by atoms with Gasteiger partial charge in [-0.1, -0.05) is 189 Å². The van der Waals surface area contributed by atoms with E-state index in [9.17, 15) is 0 Å². The van der Waals surface area contributed by atoms with Gasteiger partial charge in [-0.3, -0.25) is 0 Å². The first kappa shape index (κ1) is 41.9. The Balaban J connectivity index is 0.943. The Bertz CT molecular complexity index is 4100. The molecule has 11 aromatic carbocycles. The fourth-order valence-corrected chi connectivity index (χ4v) is 13.0. The van der Waals surface area contributed by atoms with Gasteiger partial charge in [0.15, 0.2) is 5.58 Å². The van der Waals surface area contributed by atoms with Gasteiger partial charge in [-0.25, -0.2) is 0 Å². The number of thiophene rings is 1. The maximum absolute atomic E-state index is 6.75. The van der Waals surface area contributed by atoms with Crippen molar-refractivity contribution in [3.63, 3.8) is 0 Å². The molecule has 0 bridgehead atoms. The number of benzene rings is 11. The van der Waals surface area contributed by atoms with Crippen molar-refractivity contribution in [2.45, 2.75) is 19.6 Å². The van der Waals surface area contributed by atoms with Gasteiger partial charge in [0, 0.05) is 64.6 Å². The van der Waals surface area contributed by atoms with E-state index in [0.29, 0.717) is 0 Å².